The molecule has 1 N–H and O–H groups in total. The highest BCUT2D eigenvalue weighted by atomic mass is 16.3. The molecule has 0 aromatic heterocycles. The van der Waals surface area contributed by atoms with Gasteiger partial charge in [-0.1, -0.05) is 37.8 Å². The number of rotatable bonds is 3. The SMILES string of the molecule is O=C(Cc1ccc(O)cc1)C1CCCCCC1. The molecule has 1 aliphatic rings. The second kappa shape index (κ2) is 5.85. The second-order valence-corrected chi connectivity index (χ2v) is 5.00. The van der Waals surface area contributed by atoms with Gasteiger partial charge in [-0.2, -0.15) is 0 Å². The van der Waals surface area contributed by atoms with Gasteiger partial charge in [-0.3, -0.25) is 4.79 Å². The summed E-state index contributed by atoms with van der Waals surface area (Å²) >= 11 is 0. The van der Waals surface area contributed by atoms with Crippen molar-refractivity contribution in [2.75, 3.05) is 0 Å². The lowest BCUT2D eigenvalue weighted by atomic mass is 9.91. The van der Waals surface area contributed by atoms with Crippen LogP contribution in [0.15, 0.2) is 24.3 Å². The smallest absolute Gasteiger partial charge is 0.140 e. The summed E-state index contributed by atoms with van der Waals surface area (Å²) in [5.41, 5.74) is 1.01. The molecule has 17 heavy (non-hydrogen) atoms. The van der Waals surface area contributed by atoms with E-state index in [1.54, 1.807) is 12.1 Å². The molecule has 92 valence electrons. The predicted molar refractivity (Wildman–Crippen MR) is 68.0 cm³/mol. The van der Waals surface area contributed by atoms with Crippen molar-refractivity contribution in [3.8, 4) is 5.75 Å². The molecule has 1 saturated carbocycles. The average molecular weight is 232 g/mol. The van der Waals surface area contributed by atoms with E-state index in [1.807, 2.05) is 12.1 Å². The zero-order valence-electron chi connectivity index (χ0n) is 10.2. The van der Waals surface area contributed by atoms with Gasteiger partial charge in [-0.15, -0.1) is 0 Å². The van der Waals surface area contributed by atoms with E-state index >= 15 is 0 Å². The van der Waals surface area contributed by atoms with Crippen LogP contribution in [0.2, 0.25) is 0 Å². The fourth-order valence-electron chi connectivity index (χ4n) is 2.56. The summed E-state index contributed by atoms with van der Waals surface area (Å²) in [7, 11) is 0. The summed E-state index contributed by atoms with van der Waals surface area (Å²) in [6.45, 7) is 0. The highest BCUT2D eigenvalue weighted by molar-refractivity contribution is 5.83. The molecule has 0 bridgehead atoms. The number of ketones is 1. The maximum absolute atomic E-state index is 12.1. The van der Waals surface area contributed by atoms with Crippen molar-refractivity contribution in [3.63, 3.8) is 0 Å². The summed E-state index contributed by atoms with van der Waals surface area (Å²) < 4.78 is 0. The van der Waals surface area contributed by atoms with Gasteiger partial charge in [0, 0.05) is 12.3 Å². The average Bonchev–Trinajstić information content (AvgIpc) is 2.61. The Morgan fingerprint density at radius 3 is 2.24 bits per heavy atom. The van der Waals surface area contributed by atoms with E-state index in [2.05, 4.69) is 0 Å². The number of benzene rings is 1. The van der Waals surface area contributed by atoms with Crippen molar-refractivity contribution >= 4 is 5.78 Å². The third kappa shape index (κ3) is 3.58. The van der Waals surface area contributed by atoms with Crippen molar-refractivity contribution in [2.45, 2.75) is 44.9 Å². The molecule has 2 heteroatoms. The van der Waals surface area contributed by atoms with Crippen LogP contribution >= 0.6 is 0 Å². The van der Waals surface area contributed by atoms with Crippen LogP contribution in [0.3, 0.4) is 0 Å². The Hall–Kier alpha value is -1.31. The lowest BCUT2D eigenvalue weighted by Gasteiger charge is -2.12. The molecule has 0 saturated heterocycles. The number of carbonyl (C=O) groups excluding carboxylic acids is 1. The molecule has 0 heterocycles. The summed E-state index contributed by atoms with van der Waals surface area (Å²) in [5.74, 6) is 0.902. The van der Waals surface area contributed by atoms with E-state index in [1.165, 1.54) is 25.7 Å². The number of hydrogen-bond acceptors (Lipinski definition) is 2. The van der Waals surface area contributed by atoms with Gasteiger partial charge in [0.2, 0.25) is 0 Å². The lowest BCUT2D eigenvalue weighted by molar-refractivity contribution is -0.122. The summed E-state index contributed by atoms with van der Waals surface area (Å²) in [6, 6.07) is 6.97. The van der Waals surface area contributed by atoms with Crippen molar-refractivity contribution in [1.29, 1.82) is 0 Å². The fraction of sp³-hybridized carbons (Fsp3) is 0.533. The fourth-order valence-corrected chi connectivity index (χ4v) is 2.56. The van der Waals surface area contributed by atoms with Crippen LogP contribution in [0.25, 0.3) is 0 Å². The monoisotopic (exact) mass is 232 g/mol. The van der Waals surface area contributed by atoms with Gasteiger partial charge in [0.1, 0.15) is 11.5 Å². The second-order valence-electron chi connectivity index (χ2n) is 5.00. The molecular formula is C15H20O2. The Kier molecular flexibility index (Phi) is 4.18. The zero-order valence-corrected chi connectivity index (χ0v) is 10.2. The van der Waals surface area contributed by atoms with Gasteiger partial charge in [-0.05, 0) is 30.5 Å². The molecule has 0 radical (unpaired) electrons. The largest absolute Gasteiger partial charge is 0.508 e. The first kappa shape index (κ1) is 12.2. The van der Waals surface area contributed by atoms with Crippen molar-refractivity contribution in [1.82, 2.24) is 0 Å². The van der Waals surface area contributed by atoms with Crippen LogP contribution in [0.4, 0.5) is 0 Å². The highest BCUT2D eigenvalue weighted by Crippen LogP contribution is 2.24. The topological polar surface area (TPSA) is 37.3 Å². The molecule has 0 amide bonds. The summed E-state index contributed by atoms with van der Waals surface area (Å²) in [6.07, 6.45) is 7.61. The van der Waals surface area contributed by atoms with Crippen LogP contribution in [-0.4, -0.2) is 10.9 Å². The van der Waals surface area contributed by atoms with Crippen molar-refractivity contribution in [2.24, 2.45) is 5.92 Å². The molecule has 0 aliphatic heterocycles. The minimum Gasteiger partial charge on any atom is -0.508 e. The quantitative estimate of drug-likeness (QED) is 0.810. The molecule has 0 atom stereocenters. The van der Waals surface area contributed by atoms with Gasteiger partial charge in [0.25, 0.3) is 0 Å². The van der Waals surface area contributed by atoms with Gasteiger partial charge < -0.3 is 5.11 Å². The van der Waals surface area contributed by atoms with Gasteiger partial charge in [0.05, 0.1) is 0 Å². The van der Waals surface area contributed by atoms with E-state index in [0.717, 1.165) is 18.4 Å². The Morgan fingerprint density at radius 1 is 1.06 bits per heavy atom. The third-order valence-electron chi connectivity index (χ3n) is 3.63. The number of aromatic hydroxyl groups is 1. The molecule has 1 aromatic rings. The van der Waals surface area contributed by atoms with Crippen molar-refractivity contribution in [3.05, 3.63) is 29.8 Å². The minimum absolute atomic E-state index is 0.260. The van der Waals surface area contributed by atoms with E-state index < -0.39 is 0 Å². The molecule has 0 spiro atoms. The molecule has 1 aromatic carbocycles. The van der Waals surface area contributed by atoms with Crippen LogP contribution < -0.4 is 0 Å². The Balaban J connectivity index is 1.93. The number of Topliss-reactive ketones (excluding diaryl/α,β-unsaturated/α-hetero) is 1. The molecule has 0 unspecified atom stereocenters. The third-order valence-corrected chi connectivity index (χ3v) is 3.63. The van der Waals surface area contributed by atoms with Gasteiger partial charge in [0.15, 0.2) is 0 Å². The van der Waals surface area contributed by atoms with Crippen LogP contribution in [0.5, 0.6) is 5.75 Å². The van der Waals surface area contributed by atoms with Crippen molar-refractivity contribution < 1.29 is 9.90 Å². The minimum atomic E-state index is 0.260. The van der Waals surface area contributed by atoms with E-state index in [9.17, 15) is 9.90 Å². The Morgan fingerprint density at radius 2 is 1.65 bits per heavy atom. The Labute approximate surface area is 103 Å². The van der Waals surface area contributed by atoms with Crippen LogP contribution in [-0.2, 0) is 11.2 Å². The van der Waals surface area contributed by atoms with Gasteiger partial charge >= 0.3 is 0 Å². The predicted octanol–water partition coefficient (Wildman–Crippen LogP) is 3.47. The Bertz CT molecular complexity index is 359. The van der Waals surface area contributed by atoms with E-state index in [0.29, 0.717) is 12.2 Å². The maximum atomic E-state index is 12.1. The molecule has 2 rings (SSSR count). The number of phenols is 1. The first-order valence-corrected chi connectivity index (χ1v) is 6.56. The normalized spacial score (nSPS) is 17.6. The number of hydrogen-bond donors (Lipinski definition) is 1. The zero-order chi connectivity index (χ0) is 12.1. The molecule has 1 fully saturated rings. The summed E-state index contributed by atoms with van der Waals surface area (Å²) in [5, 5.41) is 9.19. The number of phenolic OH excluding ortho intramolecular Hbond substituents is 1. The molecular weight excluding hydrogens is 212 g/mol. The molecule has 1 aliphatic carbocycles. The maximum Gasteiger partial charge on any atom is 0.140 e. The molecule has 2 nitrogen and oxygen atoms in total. The summed E-state index contributed by atoms with van der Waals surface area (Å²) in [4.78, 5) is 12.1. The van der Waals surface area contributed by atoms with Crippen LogP contribution in [0.1, 0.15) is 44.1 Å². The number of carbonyl (C=O) groups is 1. The standard InChI is InChI=1S/C15H20O2/c16-14-9-7-12(8-10-14)11-15(17)13-5-3-1-2-4-6-13/h7-10,13,16H,1-6,11H2. The first-order chi connectivity index (χ1) is 8.25. The van der Waals surface area contributed by atoms with Crippen LogP contribution in [0, 0.1) is 5.92 Å². The first-order valence-electron chi connectivity index (χ1n) is 6.56. The van der Waals surface area contributed by atoms with Gasteiger partial charge in [-0.25, -0.2) is 0 Å². The lowest BCUT2D eigenvalue weighted by Crippen LogP contribution is -2.16. The highest BCUT2D eigenvalue weighted by Gasteiger charge is 2.19. The van der Waals surface area contributed by atoms with E-state index in [4.69, 9.17) is 0 Å². The van der Waals surface area contributed by atoms with E-state index in [-0.39, 0.29) is 11.7 Å².